The number of tetrazole rings is 1. The van der Waals surface area contributed by atoms with Gasteiger partial charge in [0.25, 0.3) is 5.91 Å². The average Bonchev–Trinajstić information content (AvgIpc) is 3.35. The number of carboxylic acid groups (broad SMARTS) is 1. The minimum Gasteiger partial charge on any atom is -0.477 e. The average molecular weight is 455 g/mol. The van der Waals surface area contributed by atoms with E-state index in [1.165, 1.54) is 50.8 Å². The molecule has 2 aliphatic rings. The molecule has 15 heteroatoms. The molecule has 2 aromatic heterocycles. The molecule has 12 nitrogen and oxygen atoms in total. The summed E-state index contributed by atoms with van der Waals surface area (Å²) < 4.78 is 1.98. The van der Waals surface area contributed by atoms with E-state index in [9.17, 15) is 19.5 Å². The lowest BCUT2D eigenvalue weighted by atomic mass is 10.0. The number of nitrogens with one attached hydrogen (secondary N) is 1. The van der Waals surface area contributed by atoms with Gasteiger partial charge in [0.2, 0.25) is 5.91 Å². The molecule has 1 saturated heterocycles. The van der Waals surface area contributed by atoms with E-state index in [4.69, 9.17) is 0 Å². The Kier molecular flexibility index (Phi) is 5.51. The van der Waals surface area contributed by atoms with Gasteiger partial charge in [0.1, 0.15) is 35.0 Å². The number of aliphatic carboxylic acids is 1. The Bertz CT molecular complexity index is 991. The first kappa shape index (κ1) is 19.8. The largest absolute Gasteiger partial charge is 0.477 e. The lowest BCUT2D eigenvalue weighted by molar-refractivity contribution is -0.150. The summed E-state index contributed by atoms with van der Waals surface area (Å²) in [5.41, 5.74) is 0.627. The van der Waals surface area contributed by atoms with Crippen molar-refractivity contribution in [3.05, 3.63) is 22.6 Å². The van der Waals surface area contributed by atoms with Crippen molar-refractivity contribution in [1.29, 1.82) is 0 Å². The topological polar surface area (TPSA) is 156 Å². The first-order valence-electron chi connectivity index (χ1n) is 8.27. The van der Waals surface area contributed by atoms with Crippen molar-refractivity contribution in [2.24, 2.45) is 0 Å². The standard InChI is InChI=1S/C14H14N8O4S3/c1-6-17-18-14(29-6)28-4-7-3-27-12-9(11(24)22(12)10(7)13(25)26)16-8(23)2-21-5-15-19-20-21/h5,9,12H,2-4H2,1H3,(H,16,23)(H,25,26)/t9-,12+/m0/s1. The fraction of sp³-hybridized carbons (Fsp3) is 0.429. The summed E-state index contributed by atoms with van der Waals surface area (Å²) in [5, 5.41) is 31.1. The van der Waals surface area contributed by atoms with Crippen LogP contribution in [0, 0.1) is 6.92 Å². The molecule has 0 aromatic carbocycles. The van der Waals surface area contributed by atoms with E-state index in [2.05, 4.69) is 31.0 Å². The summed E-state index contributed by atoms with van der Waals surface area (Å²) in [7, 11) is 0. The Labute approximate surface area is 176 Å². The fourth-order valence-electron chi connectivity index (χ4n) is 2.90. The number of β-lactam (4-membered cyclic amide) rings is 1. The van der Waals surface area contributed by atoms with E-state index in [-0.39, 0.29) is 12.2 Å². The van der Waals surface area contributed by atoms with Crippen LogP contribution in [0.25, 0.3) is 0 Å². The van der Waals surface area contributed by atoms with Crippen LogP contribution in [-0.2, 0) is 20.9 Å². The number of fused-ring (bicyclic) bond motifs is 1. The molecule has 152 valence electrons. The molecule has 2 amide bonds. The lowest BCUT2D eigenvalue weighted by Crippen LogP contribution is -2.70. The molecule has 4 heterocycles. The number of carboxylic acids is 1. The summed E-state index contributed by atoms with van der Waals surface area (Å²) in [6, 6.07) is -0.779. The highest BCUT2D eigenvalue weighted by Crippen LogP contribution is 2.41. The van der Waals surface area contributed by atoms with E-state index >= 15 is 0 Å². The maximum Gasteiger partial charge on any atom is 0.352 e. The Morgan fingerprint density at radius 1 is 1.41 bits per heavy atom. The third kappa shape index (κ3) is 3.97. The van der Waals surface area contributed by atoms with Crippen LogP contribution in [0.2, 0.25) is 0 Å². The summed E-state index contributed by atoms with van der Waals surface area (Å²) in [6.45, 7) is 1.72. The van der Waals surface area contributed by atoms with Crippen LogP contribution in [0.1, 0.15) is 5.01 Å². The normalized spacial score (nSPS) is 21.0. The van der Waals surface area contributed by atoms with Crippen molar-refractivity contribution in [2.75, 3.05) is 11.5 Å². The maximum atomic E-state index is 12.6. The van der Waals surface area contributed by atoms with Gasteiger partial charge in [-0.05, 0) is 22.9 Å². The van der Waals surface area contributed by atoms with Crippen LogP contribution in [0.3, 0.4) is 0 Å². The summed E-state index contributed by atoms with van der Waals surface area (Å²) in [6.07, 6.45) is 1.29. The predicted molar refractivity (Wildman–Crippen MR) is 103 cm³/mol. The highest BCUT2D eigenvalue weighted by atomic mass is 32.2. The SMILES string of the molecule is Cc1nnc(SCC2=C(C(=O)O)N3C(=O)[C@H](NC(=O)Cn4cnnn4)[C@H]3SC2)s1. The third-order valence-electron chi connectivity index (χ3n) is 4.14. The summed E-state index contributed by atoms with van der Waals surface area (Å²) in [5.74, 6) is -1.19. The third-order valence-corrected chi connectivity index (χ3v) is 7.54. The van der Waals surface area contributed by atoms with Crippen LogP contribution in [-0.4, -0.2) is 81.1 Å². The zero-order chi connectivity index (χ0) is 20.5. The van der Waals surface area contributed by atoms with Gasteiger partial charge in [-0.25, -0.2) is 9.48 Å². The zero-order valence-corrected chi connectivity index (χ0v) is 17.3. The lowest BCUT2D eigenvalue weighted by Gasteiger charge is -2.49. The highest BCUT2D eigenvalue weighted by molar-refractivity contribution is 8.01. The first-order valence-corrected chi connectivity index (χ1v) is 11.1. The van der Waals surface area contributed by atoms with Crippen LogP contribution < -0.4 is 5.32 Å². The van der Waals surface area contributed by atoms with Crippen molar-refractivity contribution >= 4 is 52.6 Å². The molecule has 1 fully saturated rings. The van der Waals surface area contributed by atoms with Gasteiger partial charge in [-0.15, -0.1) is 27.1 Å². The predicted octanol–water partition coefficient (Wildman–Crippen LogP) is -0.636. The number of rotatable bonds is 7. The van der Waals surface area contributed by atoms with Crippen molar-refractivity contribution in [2.45, 2.75) is 29.2 Å². The number of nitrogens with zero attached hydrogens (tertiary/aromatic N) is 7. The first-order chi connectivity index (χ1) is 13.9. The number of aryl methyl sites for hydroxylation is 1. The quantitative estimate of drug-likeness (QED) is 0.405. The molecule has 2 aromatic rings. The van der Waals surface area contributed by atoms with Crippen LogP contribution >= 0.6 is 34.9 Å². The monoisotopic (exact) mass is 454 g/mol. The van der Waals surface area contributed by atoms with Crippen molar-refractivity contribution in [3.63, 3.8) is 0 Å². The van der Waals surface area contributed by atoms with Crippen LogP contribution in [0.4, 0.5) is 0 Å². The van der Waals surface area contributed by atoms with E-state index in [0.29, 0.717) is 17.1 Å². The summed E-state index contributed by atoms with van der Waals surface area (Å²) in [4.78, 5) is 37.8. The molecule has 0 unspecified atom stereocenters. The number of hydrogen-bond donors (Lipinski definition) is 2. The molecule has 2 N–H and O–H groups in total. The Balaban J connectivity index is 1.44. The molecule has 0 aliphatic carbocycles. The molecule has 29 heavy (non-hydrogen) atoms. The molecule has 2 atom stereocenters. The van der Waals surface area contributed by atoms with Crippen LogP contribution in [0.5, 0.6) is 0 Å². The van der Waals surface area contributed by atoms with E-state index in [1.807, 2.05) is 6.92 Å². The fourth-order valence-corrected chi connectivity index (χ4v) is 6.20. The minimum atomic E-state index is -1.16. The number of hydrogen-bond acceptors (Lipinski definition) is 11. The molecule has 0 radical (unpaired) electrons. The number of carbonyl (C=O) groups is 3. The summed E-state index contributed by atoms with van der Waals surface area (Å²) >= 11 is 4.24. The highest BCUT2D eigenvalue weighted by Gasteiger charge is 2.54. The van der Waals surface area contributed by atoms with Gasteiger partial charge in [-0.3, -0.25) is 14.5 Å². The molecular formula is C14H14N8O4S3. The van der Waals surface area contributed by atoms with Gasteiger partial charge in [0.05, 0.1) is 0 Å². The van der Waals surface area contributed by atoms with E-state index in [0.717, 1.165) is 9.35 Å². The molecule has 4 rings (SSSR count). The molecule has 0 spiro atoms. The Morgan fingerprint density at radius 3 is 2.90 bits per heavy atom. The number of carbonyl (C=O) groups excluding carboxylic acids is 2. The Morgan fingerprint density at radius 2 is 2.24 bits per heavy atom. The van der Waals surface area contributed by atoms with Gasteiger partial charge in [-0.2, -0.15) is 0 Å². The Hall–Kier alpha value is -2.52. The van der Waals surface area contributed by atoms with E-state index in [1.54, 1.807) is 0 Å². The van der Waals surface area contributed by atoms with Gasteiger partial charge in [-0.1, -0.05) is 23.1 Å². The van der Waals surface area contributed by atoms with Crippen LogP contribution in [0.15, 0.2) is 21.9 Å². The van der Waals surface area contributed by atoms with Gasteiger partial charge in [0, 0.05) is 11.5 Å². The zero-order valence-electron chi connectivity index (χ0n) is 14.9. The second-order valence-electron chi connectivity index (χ2n) is 6.10. The maximum absolute atomic E-state index is 12.6. The second-order valence-corrected chi connectivity index (χ2v) is 9.60. The van der Waals surface area contributed by atoms with Gasteiger partial charge >= 0.3 is 5.97 Å². The van der Waals surface area contributed by atoms with Gasteiger partial charge in [0.15, 0.2) is 4.34 Å². The number of aromatic nitrogens is 6. The number of thioether (sulfide) groups is 2. The molecular weight excluding hydrogens is 440 g/mol. The molecule has 2 aliphatic heterocycles. The van der Waals surface area contributed by atoms with Crippen molar-refractivity contribution in [3.8, 4) is 0 Å². The smallest absolute Gasteiger partial charge is 0.352 e. The van der Waals surface area contributed by atoms with E-state index < -0.39 is 29.2 Å². The van der Waals surface area contributed by atoms with Gasteiger partial charge < -0.3 is 10.4 Å². The van der Waals surface area contributed by atoms with Crippen molar-refractivity contribution < 1.29 is 19.5 Å². The number of amides is 2. The minimum absolute atomic E-state index is 0.0153. The second kappa shape index (κ2) is 8.08. The van der Waals surface area contributed by atoms with Crippen molar-refractivity contribution in [1.82, 2.24) is 40.6 Å². The molecule has 0 saturated carbocycles. The molecule has 0 bridgehead atoms.